The third kappa shape index (κ3) is 5.38. The lowest BCUT2D eigenvalue weighted by molar-refractivity contribution is -0.121. The van der Waals surface area contributed by atoms with Crippen molar-refractivity contribution in [3.63, 3.8) is 0 Å². The largest absolute Gasteiger partial charge is 0.385 e. The number of carbonyl (C=O) groups excluding carboxylic acids is 1. The Labute approximate surface area is 127 Å². The molecule has 0 radical (unpaired) electrons. The van der Waals surface area contributed by atoms with Gasteiger partial charge in [-0.25, -0.2) is 0 Å². The summed E-state index contributed by atoms with van der Waals surface area (Å²) in [4.78, 5) is 11.7. The summed E-state index contributed by atoms with van der Waals surface area (Å²) >= 11 is 0. The van der Waals surface area contributed by atoms with E-state index in [4.69, 9.17) is 4.74 Å². The summed E-state index contributed by atoms with van der Waals surface area (Å²) in [6.45, 7) is 6.48. The molecule has 0 aliphatic carbocycles. The zero-order valence-corrected chi connectivity index (χ0v) is 13.0. The van der Waals surface area contributed by atoms with Gasteiger partial charge in [0, 0.05) is 31.8 Å². The molecule has 1 fully saturated rings. The smallest absolute Gasteiger partial charge is 0.221 e. The van der Waals surface area contributed by atoms with E-state index in [0.29, 0.717) is 25.4 Å². The summed E-state index contributed by atoms with van der Waals surface area (Å²) in [7, 11) is 0. The van der Waals surface area contributed by atoms with E-state index in [1.165, 1.54) is 5.56 Å². The van der Waals surface area contributed by atoms with E-state index in [1.54, 1.807) is 0 Å². The van der Waals surface area contributed by atoms with Crippen LogP contribution in [0.15, 0.2) is 24.3 Å². The topological polar surface area (TPSA) is 50.4 Å². The molecule has 2 N–H and O–H groups in total. The normalized spacial score (nSPS) is 18.0. The van der Waals surface area contributed by atoms with Crippen LogP contribution in [0.2, 0.25) is 0 Å². The standard InChI is InChI=1S/C17H26N2O2/c1-13(2)14-5-7-15(8-6-14)18-10-9-17(20)19-12-16-4-3-11-21-16/h5-8,13,16,18H,3-4,9-12H2,1-2H3,(H,19,20). The fourth-order valence-corrected chi connectivity index (χ4v) is 2.43. The molecule has 0 bridgehead atoms. The van der Waals surface area contributed by atoms with Gasteiger partial charge in [-0.15, -0.1) is 0 Å². The Balaban J connectivity index is 1.62. The predicted molar refractivity (Wildman–Crippen MR) is 85.6 cm³/mol. The maximum Gasteiger partial charge on any atom is 0.221 e. The molecule has 1 atom stereocenters. The minimum absolute atomic E-state index is 0.0804. The molecular formula is C17H26N2O2. The molecule has 1 aromatic carbocycles. The monoisotopic (exact) mass is 290 g/mol. The summed E-state index contributed by atoms with van der Waals surface area (Å²) in [6.07, 6.45) is 2.86. The van der Waals surface area contributed by atoms with Gasteiger partial charge in [-0.2, -0.15) is 0 Å². The summed E-state index contributed by atoms with van der Waals surface area (Å²) in [6, 6.07) is 8.40. The van der Waals surface area contributed by atoms with Gasteiger partial charge in [0.05, 0.1) is 6.10 Å². The van der Waals surface area contributed by atoms with Crippen LogP contribution >= 0.6 is 0 Å². The minimum Gasteiger partial charge on any atom is -0.385 e. The first kappa shape index (κ1) is 15.8. The van der Waals surface area contributed by atoms with Crippen molar-refractivity contribution in [1.82, 2.24) is 5.32 Å². The van der Waals surface area contributed by atoms with Crippen LogP contribution in [0.1, 0.15) is 44.6 Å². The molecule has 1 amide bonds. The van der Waals surface area contributed by atoms with Gasteiger partial charge in [-0.05, 0) is 36.5 Å². The Bertz CT molecular complexity index is 437. The van der Waals surface area contributed by atoms with Crippen molar-refractivity contribution in [3.05, 3.63) is 29.8 Å². The van der Waals surface area contributed by atoms with Crippen LogP contribution in [-0.4, -0.2) is 31.7 Å². The van der Waals surface area contributed by atoms with E-state index in [2.05, 4.69) is 48.7 Å². The average Bonchev–Trinajstić information content (AvgIpc) is 2.99. The zero-order valence-electron chi connectivity index (χ0n) is 13.0. The van der Waals surface area contributed by atoms with Crippen LogP contribution in [0.4, 0.5) is 5.69 Å². The third-order valence-corrected chi connectivity index (χ3v) is 3.81. The summed E-state index contributed by atoms with van der Waals surface area (Å²) in [5, 5.41) is 6.21. The average molecular weight is 290 g/mol. The number of ether oxygens (including phenoxy) is 1. The van der Waals surface area contributed by atoms with E-state index in [1.807, 2.05) is 0 Å². The Morgan fingerprint density at radius 2 is 2.10 bits per heavy atom. The van der Waals surface area contributed by atoms with Gasteiger partial charge in [0.1, 0.15) is 0 Å². The maximum atomic E-state index is 11.7. The fourth-order valence-electron chi connectivity index (χ4n) is 2.43. The molecule has 0 spiro atoms. The molecule has 1 aliphatic rings. The molecule has 1 heterocycles. The Morgan fingerprint density at radius 1 is 1.33 bits per heavy atom. The van der Waals surface area contributed by atoms with Crippen LogP contribution in [-0.2, 0) is 9.53 Å². The molecular weight excluding hydrogens is 264 g/mol. The zero-order chi connectivity index (χ0) is 15.1. The van der Waals surface area contributed by atoms with Gasteiger partial charge in [-0.3, -0.25) is 4.79 Å². The molecule has 1 unspecified atom stereocenters. The van der Waals surface area contributed by atoms with Crippen molar-refractivity contribution in [2.45, 2.75) is 45.1 Å². The molecule has 2 rings (SSSR count). The lowest BCUT2D eigenvalue weighted by atomic mass is 10.0. The number of carbonyl (C=O) groups is 1. The van der Waals surface area contributed by atoms with E-state index in [-0.39, 0.29) is 12.0 Å². The predicted octanol–water partition coefficient (Wildman–Crippen LogP) is 2.91. The van der Waals surface area contributed by atoms with Crippen LogP contribution in [0.3, 0.4) is 0 Å². The fraction of sp³-hybridized carbons (Fsp3) is 0.588. The van der Waals surface area contributed by atoms with E-state index in [9.17, 15) is 4.79 Å². The van der Waals surface area contributed by atoms with Gasteiger partial charge in [0.2, 0.25) is 5.91 Å². The second kappa shape index (κ2) is 8.03. The molecule has 4 nitrogen and oxygen atoms in total. The number of anilines is 1. The number of rotatable bonds is 7. The molecule has 116 valence electrons. The third-order valence-electron chi connectivity index (χ3n) is 3.81. The molecule has 21 heavy (non-hydrogen) atoms. The Morgan fingerprint density at radius 3 is 2.71 bits per heavy atom. The van der Waals surface area contributed by atoms with Crippen LogP contribution in [0.5, 0.6) is 0 Å². The lowest BCUT2D eigenvalue weighted by Gasteiger charge is -2.12. The highest BCUT2D eigenvalue weighted by molar-refractivity contribution is 5.76. The van der Waals surface area contributed by atoms with Crippen LogP contribution in [0.25, 0.3) is 0 Å². The number of amides is 1. The first-order valence-electron chi connectivity index (χ1n) is 7.87. The number of benzene rings is 1. The first-order valence-corrected chi connectivity index (χ1v) is 7.87. The molecule has 0 saturated carbocycles. The summed E-state index contributed by atoms with van der Waals surface area (Å²) in [5.74, 6) is 0.624. The SMILES string of the molecule is CC(C)c1ccc(NCCC(=O)NCC2CCCO2)cc1. The van der Waals surface area contributed by atoms with Crippen molar-refractivity contribution < 1.29 is 9.53 Å². The Kier molecular flexibility index (Phi) is 6.05. The van der Waals surface area contributed by atoms with E-state index in [0.717, 1.165) is 25.1 Å². The van der Waals surface area contributed by atoms with Gasteiger partial charge in [0.15, 0.2) is 0 Å². The van der Waals surface area contributed by atoms with Crippen molar-refractivity contribution in [1.29, 1.82) is 0 Å². The van der Waals surface area contributed by atoms with Crippen molar-refractivity contribution in [2.75, 3.05) is 25.0 Å². The van der Waals surface area contributed by atoms with Gasteiger partial charge in [0.25, 0.3) is 0 Å². The Hall–Kier alpha value is -1.55. The number of nitrogens with one attached hydrogen (secondary N) is 2. The molecule has 1 aliphatic heterocycles. The van der Waals surface area contributed by atoms with Crippen molar-refractivity contribution in [2.24, 2.45) is 0 Å². The van der Waals surface area contributed by atoms with Gasteiger partial charge < -0.3 is 15.4 Å². The van der Waals surface area contributed by atoms with Crippen molar-refractivity contribution >= 4 is 11.6 Å². The highest BCUT2D eigenvalue weighted by Gasteiger charge is 2.15. The minimum atomic E-state index is 0.0804. The van der Waals surface area contributed by atoms with Crippen LogP contribution in [0, 0.1) is 0 Å². The highest BCUT2D eigenvalue weighted by atomic mass is 16.5. The molecule has 4 heteroatoms. The van der Waals surface area contributed by atoms with E-state index >= 15 is 0 Å². The first-order chi connectivity index (χ1) is 10.1. The van der Waals surface area contributed by atoms with Gasteiger partial charge >= 0.3 is 0 Å². The lowest BCUT2D eigenvalue weighted by Crippen LogP contribution is -2.32. The molecule has 1 aromatic rings. The van der Waals surface area contributed by atoms with Crippen LogP contribution < -0.4 is 10.6 Å². The number of hydrogen-bond donors (Lipinski definition) is 2. The summed E-state index contributed by atoms with van der Waals surface area (Å²) in [5.41, 5.74) is 2.39. The van der Waals surface area contributed by atoms with E-state index < -0.39 is 0 Å². The quantitative estimate of drug-likeness (QED) is 0.812. The molecule has 0 aromatic heterocycles. The highest BCUT2D eigenvalue weighted by Crippen LogP contribution is 2.17. The maximum absolute atomic E-state index is 11.7. The van der Waals surface area contributed by atoms with Crippen molar-refractivity contribution in [3.8, 4) is 0 Å². The second-order valence-electron chi connectivity index (χ2n) is 5.89. The van der Waals surface area contributed by atoms with Gasteiger partial charge in [-0.1, -0.05) is 26.0 Å². The summed E-state index contributed by atoms with van der Waals surface area (Å²) < 4.78 is 5.48. The second-order valence-corrected chi connectivity index (χ2v) is 5.89. The molecule has 1 saturated heterocycles. The number of hydrogen-bond acceptors (Lipinski definition) is 3.